The molecular weight excluding hydrogens is 397 g/mol. The van der Waals surface area contributed by atoms with Crippen molar-refractivity contribution in [3.63, 3.8) is 0 Å². The summed E-state index contributed by atoms with van der Waals surface area (Å²) in [6.07, 6.45) is -4.07. The van der Waals surface area contributed by atoms with Gasteiger partial charge in [-0.25, -0.2) is 9.48 Å². The van der Waals surface area contributed by atoms with E-state index in [1.54, 1.807) is 6.07 Å². The Hall–Kier alpha value is -3.62. The van der Waals surface area contributed by atoms with Gasteiger partial charge < -0.3 is 10.6 Å². The number of amides is 2. The minimum absolute atomic E-state index is 0.0378. The molecule has 0 atom stereocenters. The van der Waals surface area contributed by atoms with E-state index < -0.39 is 17.8 Å². The molecule has 0 spiro atoms. The molecule has 0 aliphatic carbocycles. The van der Waals surface area contributed by atoms with Crippen LogP contribution in [0.1, 0.15) is 12.0 Å². The van der Waals surface area contributed by atoms with Crippen molar-refractivity contribution in [2.45, 2.75) is 19.1 Å². The first-order chi connectivity index (χ1) is 14.3. The number of benzene rings is 2. The summed E-state index contributed by atoms with van der Waals surface area (Å²) >= 11 is 0. The Balaban J connectivity index is 1.52. The smallest absolute Gasteiger partial charge is 0.338 e. The first-order valence-electron chi connectivity index (χ1n) is 9.18. The standard InChI is InChI=1S/C21H19F3N4O2/c22-21(23,24)16-8-4-9-17(14-16)26-20(30)25-12-5-13-28-19(29)11-10-18(27-28)15-6-2-1-3-7-15/h1-4,6-11,14H,5,12-13H2,(H2,25,26,30). The number of hydrogen-bond donors (Lipinski definition) is 2. The first kappa shape index (κ1) is 21.1. The fourth-order valence-electron chi connectivity index (χ4n) is 2.75. The van der Waals surface area contributed by atoms with Crippen LogP contribution >= 0.6 is 0 Å². The van der Waals surface area contributed by atoms with E-state index in [0.29, 0.717) is 12.1 Å². The molecule has 1 aromatic heterocycles. The van der Waals surface area contributed by atoms with Gasteiger partial charge in [0.2, 0.25) is 0 Å². The molecule has 3 aromatic rings. The number of carbonyl (C=O) groups is 1. The minimum Gasteiger partial charge on any atom is -0.338 e. The number of hydrogen-bond acceptors (Lipinski definition) is 3. The lowest BCUT2D eigenvalue weighted by Crippen LogP contribution is -2.31. The van der Waals surface area contributed by atoms with Crippen molar-refractivity contribution in [1.82, 2.24) is 15.1 Å². The second-order valence-electron chi connectivity index (χ2n) is 6.46. The van der Waals surface area contributed by atoms with E-state index in [1.807, 2.05) is 30.3 Å². The van der Waals surface area contributed by atoms with Crippen LogP contribution in [0.4, 0.5) is 23.7 Å². The molecule has 6 nitrogen and oxygen atoms in total. The van der Waals surface area contributed by atoms with Crippen LogP contribution in [0.5, 0.6) is 0 Å². The molecule has 156 valence electrons. The van der Waals surface area contributed by atoms with Gasteiger partial charge in [0.05, 0.1) is 11.3 Å². The van der Waals surface area contributed by atoms with Gasteiger partial charge in [0.15, 0.2) is 0 Å². The number of urea groups is 1. The monoisotopic (exact) mass is 416 g/mol. The van der Waals surface area contributed by atoms with E-state index >= 15 is 0 Å². The summed E-state index contributed by atoms with van der Waals surface area (Å²) in [5, 5.41) is 9.24. The fraction of sp³-hybridized carbons (Fsp3) is 0.190. The third-order valence-corrected chi connectivity index (χ3v) is 4.22. The lowest BCUT2D eigenvalue weighted by molar-refractivity contribution is -0.137. The van der Waals surface area contributed by atoms with Crippen molar-refractivity contribution < 1.29 is 18.0 Å². The number of aromatic nitrogens is 2. The molecular formula is C21H19F3N4O2. The molecule has 0 bridgehead atoms. The Morgan fingerprint density at radius 3 is 2.50 bits per heavy atom. The highest BCUT2D eigenvalue weighted by atomic mass is 19.4. The molecule has 3 rings (SSSR count). The van der Waals surface area contributed by atoms with E-state index in [1.165, 1.54) is 22.9 Å². The Labute approximate surface area is 170 Å². The van der Waals surface area contributed by atoms with E-state index in [2.05, 4.69) is 15.7 Å². The molecule has 0 unspecified atom stereocenters. The molecule has 0 radical (unpaired) electrons. The average Bonchev–Trinajstić information content (AvgIpc) is 2.72. The number of anilines is 1. The van der Waals surface area contributed by atoms with E-state index in [-0.39, 0.29) is 24.3 Å². The molecule has 0 fully saturated rings. The van der Waals surface area contributed by atoms with Crippen LogP contribution in [0.25, 0.3) is 11.3 Å². The average molecular weight is 416 g/mol. The summed E-state index contributed by atoms with van der Waals surface area (Å²) in [7, 11) is 0. The highest BCUT2D eigenvalue weighted by Gasteiger charge is 2.30. The van der Waals surface area contributed by atoms with Crippen molar-refractivity contribution in [1.29, 1.82) is 0 Å². The van der Waals surface area contributed by atoms with Gasteiger partial charge in [-0.3, -0.25) is 4.79 Å². The summed E-state index contributed by atoms with van der Waals surface area (Å²) < 4.78 is 39.5. The zero-order valence-corrected chi connectivity index (χ0v) is 15.8. The number of alkyl halides is 3. The van der Waals surface area contributed by atoms with Gasteiger partial charge >= 0.3 is 12.2 Å². The van der Waals surface area contributed by atoms with Crippen LogP contribution in [-0.4, -0.2) is 22.4 Å². The second-order valence-corrected chi connectivity index (χ2v) is 6.46. The minimum atomic E-state index is -4.48. The van der Waals surface area contributed by atoms with Crippen molar-refractivity contribution in [2.24, 2.45) is 0 Å². The summed E-state index contributed by atoms with van der Waals surface area (Å²) in [6, 6.07) is 16.2. The SMILES string of the molecule is O=C(NCCCn1nc(-c2ccccc2)ccc1=O)Nc1cccc(C(F)(F)F)c1. The van der Waals surface area contributed by atoms with Crippen LogP contribution in [0, 0.1) is 0 Å². The van der Waals surface area contributed by atoms with E-state index in [4.69, 9.17) is 0 Å². The van der Waals surface area contributed by atoms with Gasteiger partial charge in [-0.05, 0) is 30.7 Å². The Kier molecular flexibility index (Phi) is 6.51. The summed E-state index contributed by atoms with van der Waals surface area (Å²) in [6.45, 7) is 0.498. The number of aryl methyl sites for hydroxylation is 1. The third kappa shape index (κ3) is 5.69. The van der Waals surface area contributed by atoms with Crippen LogP contribution in [-0.2, 0) is 12.7 Å². The predicted molar refractivity (Wildman–Crippen MR) is 107 cm³/mol. The summed E-state index contributed by atoms with van der Waals surface area (Å²) in [5.74, 6) is 0. The van der Waals surface area contributed by atoms with Gasteiger partial charge in [0.25, 0.3) is 5.56 Å². The second kappa shape index (κ2) is 9.25. The number of nitrogens with one attached hydrogen (secondary N) is 2. The van der Waals surface area contributed by atoms with E-state index in [0.717, 1.165) is 17.7 Å². The summed E-state index contributed by atoms with van der Waals surface area (Å²) in [4.78, 5) is 23.9. The number of nitrogens with zero attached hydrogens (tertiary/aromatic N) is 2. The maximum absolute atomic E-state index is 12.7. The molecule has 2 N–H and O–H groups in total. The van der Waals surface area contributed by atoms with Gasteiger partial charge in [-0.1, -0.05) is 36.4 Å². The van der Waals surface area contributed by atoms with E-state index in [9.17, 15) is 22.8 Å². The third-order valence-electron chi connectivity index (χ3n) is 4.22. The highest BCUT2D eigenvalue weighted by Crippen LogP contribution is 2.30. The topological polar surface area (TPSA) is 76.0 Å². The zero-order chi connectivity index (χ0) is 21.6. The quantitative estimate of drug-likeness (QED) is 0.593. The normalized spacial score (nSPS) is 11.2. The van der Waals surface area contributed by atoms with Crippen molar-refractivity contribution in [2.75, 3.05) is 11.9 Å². The lowest BCUT2D eigenvalue weighted by Gasteiger charge is -2.11. The fourth-order valence-corrected chi connectivity index (χ4v) is 2.75. The first-order valence-corrected chi connectivity index (χ1v) is 9.18. The molecule has 0 aliphatic rings. The van der Waals surface area contributed by atoms with Crippen LogP contribution < -0.4 is 16.2 Å². The molecule has 1 heterocycles. The highest BCUT2D eigenvalue weighted by molar-refractivity contribution is 5.89. The number of rotatable bonds is 6. The largest absolute Gasteiger partial charge is 0.416 e. The molecule has 0 saturated carbocycles. The van der Waals surface area contributed by atoms with Crippen molar-refractivity contribution in [3.8, 4) is 11.3 Å². The molecule has 0 saturated heterocycles. The maximum atomic E-state index is 12.7. The molecule has 30 heavy (non-hydrogen) atoms. The van der Waals surface area contributed by atoms with Gasteiger partial charge in [0.1, 0.15) is 0 Å². The number of carbonyl (C=O) groups excluding carboxylic acids is 1. The Morgan fingerprint density at radius 1 is 1.00 bits per heavy atom. The Bertz CT molecular complexity index is 1070. The van der Waals surface area contributed by atoms with Gasteiger partial charge in [-0.2, -0.15) is 18.3 Å². The predicted octanol–water partition coefficient (Wildman–Crippen LogP) is 4.14. The van der Waals surface area contributed by atoms with Crippen LogP contribution in [0.2, 0.25) is 0 Å². The van der Waals surface area contributed by atoms with Crippen LogP contribution in [0.15, 0.2) is 71.5 Å². The van der Waals surface area contributed by atoms with Gasteiger partial charge in [-0.15, -0.1) is 0 Å². The van der Waals surface area contributed by atoms with Crippen molar-refractivity contribution in [3.05, 3.63) is 82.6 Å². The van der Waals surface area contributed by atoms with Gasteiger partial charge in [0, 0.05) is 30.4 Å². The zero-order valence-electron chi connectivity index (χ0n) is 15.8. The number of halogens is 3. The van der Waals surface area contributed by atoms with Crippen molar-refractivity contribution >= 4 is 11.7 Å². The molecule has 9 heteroatoms. The Morgan fingerprint density at radius 2 is 1.77 bits per heavy atom. The molecule has 2 amide bonds. The maximum Gasteiger partial charge on any atom is 0.416 e. The summed E-state index contributed by atoms with van der Waals surface area (Å²) in [5.41, 5.74) is 0.471. The molecule has 2 aromatic carbocycles. The van der Waals surface area contributed by atoms with Crippen LogP contribution in [0.3, 0.4) is 0 Å². The molecule has 0 aliphatic heterocycles. The lowest BCUT2D eigenvalue weighted by atomic mass is 10.1.